The molecule has 1 aliphatic heterocycles. The van der Waals surface area contributed by atoms with Crippen molar-refractivity contribution in [1.29, 1.82) is 0 Å². The second-order valence-electron chi connectivity index (χ2n) is 8.02. The minimum Gasteiger partial charge on any atom is -0.454 e. The Hall–Kier alpha value is -2.94. The molecule has 0 unspecified atom stereocenters. The van der Waals surface area contributed by atoms with Crippen LogP contribution in [0.15, 0.2) is 65.6 Å². The van der Waals surface area contributed by atoms with Gasteiger partial charge < -0.3 is 14.4 Å². The van der Waals surface area contributed by atoms with E-state index in [1.807, 2.05) is 36.9 Å². The fourth-order valence-electron chi connectivity index (χ4n) is 3.69. The van der Waals surface area contributed by atoms with Crippen molar-refractivity contribution in [3.8, 4) is 11.5 Å². The average molecular weight is 457 g/mol. The van der Waals surface area contributed by atoms with Crippen LogP contribution in [0.4, 0.5) is 10.1 Å². The summed E-state index contributed by atoms with van der Waals surface area (Å²) in [5, 5.41) is 5.17. The van der Waals surface area contributed by atoms with E-state index >= 15 is 0 Å². The zero-order valence-electron chi connectivity index (χ0n) is 17.9. The molecule has 0 saturated carbocycles. The molecule has 0 amide bonds. The molecule has 1 saturated heterocycles. The summed E-state index contributed by atoms with van der Waals surface area (Å²) in [5.41, 5.74) is 3.68. The second-order valence-corrected chi connectivity index (χ2v) is 9.58. The molecular weight excluding hydrogens is 431 g/mol. The van der Waals surface area contributed by atoms with Gasteiger partial charge in [0.25, 0.3) is 0 Å². The van der Waals surface area contributed by atoms with Crippen molar-refractivity contribution in [2.45, 2.75) is 24.7 Å². The van der Waals surface area contributed by atoms with Gasteiger partial charge in [0.1, 0.15) is 12.5 Å². The summed E-state index contributed by atoms with van der Waals surface area (Å²) < 4.78 is 49.2. The molecule has 0 radical (unpaired) electrons. The lowest BCUT2D eigenvalue weighted by molar-refractivity contribution is 0.0916. The van der Waals surface area contributed by atoms with Crippen molar-refractivity contribution < 1.29 is 22.3 Å². The number of aryl methyl sites for hydroxylation is 2. The fourth-order valence-corrected chi connectivity index (χ4v) is 4.21. The summed E-state index contributed by atoms with van der Waals surface area (Å²) in [6, 6.07) is 17.0. The number of ether oxygens (including phenoxy) is 2. The molecule has 168 valence electrons. The lowest BCUT2D eigenvalue weighted by Gasteiger charge is -2.34. The molecule has 32 heavy (non-hydrogen) atoms. The van der Waals surface area contributed by atoms with E-state index in [1.54, 1.807) is 24.3 Å². The Morgan fingerprint density at radius 3 is 2.50 bits per heavy atom. The Bertz CT molecular complexity index is 1230. The molecule has 0 aromatic heterocycles. The van der Waals surface area contributed by atoms with Gasteiger partial charge in [-0.1, -0.05) is 18.2 Å². The van der Waals surface area contributed by atoms with Gasteiger partial charge in [0, 0.05) is 18.2 Å². The molecule has 0 spiro atoms. The van der Waals surface area contributed by atoms with Crippen LogP contribution in [-0.2, 0) is 14.8 Å². The van der Waals surface area contributed by atoms with Crippen LogP contribution >= 0.6 is 0 Å². The van der Waals surface area contributed by atoms with Crippen molar-refractivity contribution in [3.05, 3.63) is 83.2 Å². The van der Waals surface area contributed by atoms with Gasteiger partial charge in [-0.05, 0) is 73.0 Å². The predicted octanol–water partition coefficient (Wildman–Crippen LogP) is 4.46. The lowest BCUT2D eigenvalue weighted by Crippen LogP contribution is -2.38. The van der Waals surface area contributed by atoms with Crippen LogP contribution in [0.5, 0.6) is 11.5 Å². The molecule has 4 rings (SSSR count). The largest absolute Gasteiger partial charge is 0.454 e. The molecule has 1 aliphatic rings. The molecule has 6 nitrogen and oxygen atoms in total. The number of anilines is 1. The maximum absolute atomic E-state index is 14.5. The molecule has 2 N–H and O–H groups in total. The SMILES string of the molecule is Cc1ccc(C)c(Oc2cc([C@H]3COCN(c4ccc(S(N)(=O)=O)cc4)C3)ccc2F)c1. The van der Waals surface area contributed by atoms with Crippen molar-refractivity contribution in [1.82, 2.24) is 0 Å². The third-order valence-corrected chi connectivity index (χ3v) is 6.46. The van der Waals surface area contributed by atoms with Gasteiger partial charge in [0.2, 0.25) is 10.0 Å². The molecule has 1 heterocycles. The number of nitrogens with two attached hydrogens (primary N) is 1. The van der Waals surface area contributed by atoms with Crippen LogP contribution in [0.3, 0.4) is 0 Å². The zero-order chi connectivity index (χ0) is 22.9. The first-order valence-corrected chi connectivity index (χ1v) is 11.8. The molecular formula is C24H25FN2O4S. The topological polar surface area (TPSA) is 81.9 Å². The van der Waals surface area contributed by atoms with Crippen molar-refractivity contribution in [2.24, 2.45) is 5.14 Å². The summed E-state index contributed by atoms with van der Waals surface area (Å²) in [7, 11) is -3.74. The van der Waals surface area contributed by atoms with Crippen LogP contribution in [0.1, 0.15) is 22.6 Å². The zero-order valence-corrected chi connectivity index (χ0v) is 18.7. The minimum absolute atomic E-state index is 0.0109. The van der Waals surface area contributed by atoms with E-state index in [1.165, 1.54) is 18.2 Å². The first-order chi connectivity index (χ1) is 15.2. The quantitative estimate of drug-likeness (QED) is 0.613. The summed E-state index contributed by atoms with van der Waals surface area (Å²) in [6.07, 6.45) is 0. The molecule has 0 aliphatic carbocycles. The number of benzene rings is 3. The highest BCUT2D eigenvalue weighted by Crippen LogP contribution is 2.33. The summed E-state index contributed by atoms with van der Waals surface area (Å²) >= 11 is 0. The number of primary sulfonamides is 1. The third-order valence-electron chi connectivity index (χ3n) is 5.53. The highest BCUT2D eigenvalue weighted by molar-refractivity contribution is 7.89. The van der Waals surface area contributed by atoms with Gasteiger partial charge in [-0.15, -0.1) is 0 Å². The molecule has 8 heteroatoms. The van der Waals surface area contributed by atoms with Crippen LogP contribution in [-0.4, -0.2) is 28.3 Å². The average Bonchev–Trinajstić information content (AvgIpc) is 2.77. The Labute approximate surface area is 187 Å². The standard InChI is InChI=1S/C24H25FN2O4S/c1-16-3-4-17(2)23(11-16)31-24-12-18(5-10-22(24)25)19-13-27(15-30-14-19)20-6-8-21(9-7-20)32(26,28)29/h3-12,19H,13-15H2,1-2H3,(H2,26,28,29)/t19-/m1/s1. The highest BCUT2D eigenvalue weighted by atomic mass is 32.2. The van der Waals surface area contributed by atoms with Crippen LogP contribution in [0.2, 0.25) is 0 Å². The normalized spacial score (nSPS) is 16.8. The second kappa shape index (κ2) is 8.90. The van der Waals surface area contributed by atoms with Crippen LogP contribution < -0.4 is 14.8 Å². The highest BCUT2D eigenvalue weighted by Gasteiger charge is 2.24. The summed E-state index contributed by atoms with van der Waals surface area (Å²) in [6.45, 7) is 5.37. The van der Waals surface area contributed by atoms with E-state index in [-0.39, 0.29) is 16.6 Å². The van der Waals surface area contributed by atoms with Gasteiger partial charge >= 0.3 is 0 Å². The Morgan fingerprint density at radius 1 is 1.03 bits per heavy atom. The number of hydrogen-bond donors (Lipinski definition) is 1. The smallest absolute Gasteiger partial charge is 0.238 e. The number of halogens is 1. The van der Waals surface area contributed by atoms with Gasteiger partial charge in [0.15, 0.2) is 11.6 Å². The number of sulfonamides is 1. The molecule has 0 bridgehead atoms. The maximum atomic E-state index is 14.5. The summed E-state index contributed by atoms with van der Waals surface area (Å²) in [4.78, 5) is 2.05. The van der Waals surface area contributed by atoms with Crippen molar-refractivity contribution in [2.75, 3.05) is 24.8 Å². The van der Waals surface area contributed by atoms with Gasteiger partial charge in [0.05, 0.1) is 11.5 Å². The van der Waals surface area contributed by atoms with E-state index in [4.69, 9.17) is 14.6 Å². The summed E-state index contributed by atoms with van der Waals surface area (Å²) in [5.74, 6) is 0.355. The van der Waals surface area contributed by atoms with Gasteiger partial charge in [-0.2, -0.15) is 0 Å². The molecule has 3 aromatic carbocycles. The van der Waals surface area contributed by atoms with E-state index in [0.717, 1.165) is 22.4 Å². The minimum atomic E-state index is -3.74. The third kappa shape index (κ3) is 4.93. The maximum Gasteiger partial charge on any atom is 0.238 e. The molecule has 1 fully saturated rings. The first-order valence-electron chi connectivity index (χ1n) is 10.2. The monoisotopic (exact) mass is 456 g/mol. The predicted molar refractivity (Wildman–Crippen MR) is 121 cm³/mol. The number of rotatable bonds is 5. The van der Waals surface area contributed by atoms with E-state index in [9.17, 15) is 12.8 Å². The van der Waals surface area contributed by atoms with E-state index < -0.39 is 15.8 Å². The van der Waals surface area contributed by atoms with Crippen molar-refractivity contribution >= 4 is 15.7 Å². The van der Waals surface area contributed by atoms with Crippen molar-refractivity contribution in [3.63, 3.8) is 0 Å². The number of hydrogen-bond acceptors (Lipinski definition) is 5. The van der Waals surface area contributed by atoms with Gasteiger partial charge in [-0.25, -0.2) is 17.9 Å². The molecule has 1 atom stereocenters. The lowest BCUT2D eigenvalue weighted by atomic mass is 9.98. The van der Waals surface area contributed by atoms with Crippen LogP contribution in [0.25, 0.3) is 0 Å². The molecule has 3 aromatic rings. The van der Waals surface area contributed by atoms with E-state index in [2.05, 4.69) is 0 Å². The fraction of sp³-hybridized carbons (Fsp3) is 0.250. The Morgan fingerprint density at radius 2 is 1.78 bits per heavy atom. The number of nitrogens with zero attached hydrogens (tertiary/aromatic N) is 1. The Kier molecular flexibility index (Phi) is 6.19. The Balaban J connectivity index is 1.54. The first kappa shape index (κ1) is 22.3. The van der Waals surface area contributed by atoms with Gasteiger partial charge in [-0.3, -0.25) is 0 Å². The van der Waals surface area contributed by atoms with E-state index in [0.29, 0.717) is 25.6 Å². The van der Waals surface area contributed by atoms with Crippen LogP contribution in [0, 0.1) is 19.7 Å².